The van der Waals surface area contributed by atoms with E-state index in [1.54, 1.807) is 6.92 Å². The van der Waals surface area contributed by atoms with E-state index in [2.05, 4.69) is 6.92 Å². The van der Waals surface area contributed by atoms with Gasteiger partial charge >= 0.3 is 0 Å². The molecule has 0 aliphatic rings. The lowest BCUT2D eigenvalue weighted by atomic mass is 10.1. The molecule has 0 saturated heterocycles. The minimum Gasteiger partial charge on any atom is -0.491 e. The molecule has 3 nitrogen and oxygen atoms in total. The molecule has 0 aromatic heterocycles. The normalized spacial score (nSPS) is 12.4. The lowest BCUT2D eigenvalue weighted by Gasteiger charge is -2.13. The molecule has 0 saturated carbocycles. The Morgan fingerprint density at radius 3 is 2.72 bits per heavy atom. The molecule has 1 unspecified atom stereocenters. The first-order valence-electron chi connectivity index (χ1n) is 6.33. The van der Waals surface area contributed by atoms with E-state index in [0.717, 1.165) is 12.8 Å². The van der Waals surface area contributed by atoms with Crippen LogP contribution in [0.25, 0.3) is 0 Å². The van der Waals surface area contributed by atoms with Gasteiger partial charge in [-0.15, -0.1) is 0 Å². The molecule has 0 bridgehead atoms. The van der Waals surface area contributed by atoms with E-state index in [4.69, 9.17) is 9.47 Å². The van der Waals surface area contributed by atoms with Crippen LogP contribution in [0.5, 0.6) is 5.75 Å². The van der Waals surface area contributed by atoms with E-state index < -0.39 is 6.10 Å². The SMILES string of the molecule is CCCCOCCOc1cc(F)ccc1C(C)O. The molecule has 4 heteroatoms. The number of aliphatic hydroxyl groups is 1. The zero-order chi connectivity index (χ0) is 13.4. The molecule has 0 spiro atoms. The second kappa shape index (κ2) is 8.06. The predicted octanol–water partition coefficient (Wildman–Crippen LogP) is 3.07. The Bertz CT molecular complexity index is 353. The molecule has 18 heavy (non-hydrogen) atoms. The summed E-state index contributed by atoms with van der Waals surface area (Å²) in [5.41, 5.74) is 0.588. The summed E-state index contributed by atoms with van der Waals surface area (Å²) in [5.74, 6) is 0.00499. The average molecular weight is 256 g/mol. The van der Waals surface area contributed by atoms with Crippen molar-refractivity contribution in [2.24, 2.45) is 0 Å². The smallest absolute Gasteiger partial charge is 0.128 e. The lowest BCUT2D eigenvalue weighted by Crippen LogP contribution is -2.09. The van der Waals surface area contributed by atoms with E-state index in [0.29, 0.717) is 31.1 Å². The summed E-state index contributed by atoms with van der Waals surface area (Å²) in [5, 5.41) is 9.53. The topological polar surface area (TPSA) is 38.7 Å². The Kier molecular flexibility index (Phi) is 6.68. The van der Waals surface area contributed by atoms with Crippen molar-refractivity contribution in [1.29, 1.82) is 0 Å². The molecule has 1 aromatic carbocycles. The van der Waals surface area contributed by atoms with Crippen molar-refractivity contribution in [3.05, 3.63) is 29.6 Å². The molecule has 0 radical (unpaired) electrons. The first kappa shape index (κ1) is 14.9. The minimum atomic E-state index is -0.679. The third-order valence-corrected chi connectivity index (χ3v) is 2.55. The largest absolute Gasteiger partial charge is 0.491 e. The van der Waals surface area contributed by atoms with Gasteiger partial charge in [0, 0.05) is 18.2 Å². The Hall–Kier alpha value is -1.13. The van der Waals surface area contributed by atoms with Crippen LogP contribution in [-0.4, -0.2) is 24.9 Å². The van der Waals surface area contributed by atoms with Crippen molar-refractivity contribution in [3.8, 4) is 5.75 Å². The average Bonchev–Trinajstić information content (AvgIpc) is 2.33. The molecule has 1 atom stereocenters. The van der Waals surface area contributed by atoms with E-state index >= 15 is 0 Å². The quantitative estimate of drug-likeness (QED) is 0.726. The van der Waals surface area contributed by atoms with Crippen molar-refractivity contribution < 1.29 is 19.0 Å². The van der Waals surface area contributed by atoms with E-state index in [1.807, 2.05) is 0 Å². The Balaban J connectivity index is 2.43. The molecular weight excluding hydrogens is 235 g/mol. The van der Waals surface area contributed by atoms with Crippen LogP contribution in [0.15, 0.2) is 18.2 Å². The number of rotatable bonds is 8. The minimum absolute atomic E-state index is 0.354. The fraction of sp³-hybridized carbons (Fsp3) is 0.571. The number of benzene rings is 1. The molecule has 0 aliphatic carbocycles. The number of hydrogen-bond donors (Lipinski definition) is 1. The summed E-state index contributed by atoms with van der Waals surface area (Å²) in [7, 11) is 0. The fourth-order valence-corrected chi connectivity index (χ4v) is 1.54. The van der Waals surface area contributed by atoms with Crippen LogP contribution in [0.1, 0.15) is 38.4 Å². The van der Waals surface area contributed by atoms with Crippen molar-refractivity contribution >= 4 is 0 Å². The first-order valence-corrected chi connectivity index (χ1v) is 6.33. The number of unbranched alkanes of at least 4 members (excludes halogenated alkanes) is 1. The van der Waals surface area contributed by atoms with Gasteiger partial charge in [0.15, 0.2) is 0 Å². The van der Waals surface area contributed by atoms with E-state index in [1.165, 1.54) is 18.2 Å². The van der Waals surface area contributed by atoms with Gasteiger partial charge in [-0.05, 0) is 25.5 Å². The van der Waals surface area contributed by atoms with Gasteiger partial charge in [-0.1, -0.05) is 13.3 Å². The lowest BCUT2D eigenvalue weighted by molar-refractivity contribution is 0.0960. The second-order valence-electron chi connectivity index (χ2n) is 4.17. The predicted molar refractivity (Wildman–Crippen MR) is 68.3 cm³/mol. The van der Waals surface area contributed by atoms with Gasteiger partial charge in [-0.2, -0.15) is 0 Å². The number of aliphatic hydroxyl groups excluding tert-OH is 1. The monoisotopic (exact) mass is 256 g/mol. The van der Waals surface area contributed by atoms with Gasteiger partial charge in [0.1, 0.15) is 18.2 Å². The van der Waals surface area contributed by atoms with Gasteiger partial charge in [0.05, 0.1) is 12.7 Å². The van der Waals surface area contributed by atoms with Crippen LogP contribution in [0.3, 0.4) is 0 Å². The van der Waals surface area contributed by atoms with E-state index in [-0.39, 0.29) is 5.82 Å². The highest BCUT2D eigenvalue weighted by Gasteiger charge is 2.10. The molecule has 0 heterocycles. The Morgan fingerprint density at radius 1 is 1.28 bits per heavy atom. The third-order valence-electron chi connectivity index (χ3n) is 2.55. The molecule has 0 amide bonds. The third kappa shape index (κ3) is 5.02. The fourth-order valence-electron chi connectivity index (χ4n) is 1.54. The Morgan fingerprint density at radius 2 is 2.06 bits per heavy atom. The van der Waals surface area contributed by atoms with E-state index in [9.17, 15) is 9.50 Å². The van der Waals surface area contributed by atoms with Crippen LogP contribution < -0.4 is 4.74 Å². The van der Waals surface area contributed by atoms with Crippen LogP contribution >= 0.6 is 0 Å². The highest BCUT2D eigenvalue weighted by Crippen LogP contribution is 2.25. The maximum Gasteiger partial charge on any atom is 0.128 e. The summed E-state index contributed by atoms with van der Waals surface area (Å²) in [4.78, 5) is 0. The Labute approximate surface area is 108 Å². The number of halogens is 1. The van der Waals surface area contributed by atoms with Gasteiger partial charge < -0.3 is 14.6 Å². The van der Waals surface area contributed by atoms with Crippen molar-refractivity contribution in [1.82, 2.24) is 0 Å². The maximum absolute atomic E-state index is 13.1. The van der Waals surface area contributed by atoms with Gasteiger partial charge in [0.25, 0.3) is 0 Å². The van der Waals surface area contributed by atoms with Gasteiger partial charge in [-0.3, -0.25) is 0 Å². The molecule has 102 valence electrons. The van der Waals surface area contributed by atoms with Gasteiger partial charge in [-0.25, -0.2) is 4.39 Å². The highest BCUT2D eigenvalue weighted by atomic mass is 19.1. The van der Waals surface area contributed by atoms with Crippen molar-refractivity contribution in [2.75, 3.05) is 19.8 Å². The van der Waals surface area contributed by atoms with Crippen LogP contribution in [0, 0.1) is 5.82 Å². The zero-order valence-corrected chi connectivity index (χ0v) is 11.0. The van der Waals surface area contributed by atoms with Crippen LogP contribution in [0.4, 0.5) is 4.39 Å². The molecular formula is C14H21FO3. The molecule has 0 fully saturated rings. The zero-order valence-electron chi connectivity index (χ0n) is 11.0. The molecule has 0 aliphatic heterocycles. The summed E-state index contributed by atoms with van der Waals surface area (Å²) >= 11 is 0. The van der Waals surface area contributed by atoms with Gasteiger partial charge in [0.2, 0.25) is 0 Å². The molecule has 1 aromatic rings. The first-order chi connectivity index (χ1) is 8.65. The second-order valence-corrected chi connectivity index (χ2v) is 4.17. The molecule has 1 N–H and O–H groups in total. The highest BCUT2D eigenvalue weighted by molar-refractivity contribution is 5.35. The summed E-state index contributed by atoms with van der Waals surface area (Å²) in [6, 6.07) is 4.13. The number of ether oxygens (including phenoxy) is 2. The van der Waals surface area contributed by atoms with Crippen molar-refractivity contribution in [3.63, 3.8) is 0 Å². The summed E-state index contributed by atoms with van der Waals surface area (Å²) < 4.78 is 23.9. The number of hydrogen-bond acceptors (Lipinski definition) is 3. The standard InChI is InChI=1S/C14H21FO3/c1-3-4-7-17-8-9-18-14-10-12(15)5-6-13(14)11(2)16/h5-6,10-11,16H,3-4,7-9H2,1-2H3. The van der Waals surface area contributed by atoms with Crippen LogP contribution in [0.2, 0.25) is 0 Å². The van der Waals surface area contributed by atoms with Crippen molar-refractivity contribution in [2.45, 2.75) is 32.8 Å². The summed E-state index contributed by atoms with van der Waals surface area (Å²) in [6.45, 7) is 5.26. The summed E-state index contributed by atoms with van der Waals surface area (Å²) in [6.07, 6.45) is 1.44. The maximum atomic E-state index is 13.1. The molecule has 1 rings (SSSR count). The van der Waals surface area contributed by atoms with Crippen LogP contribution in [-0.2, 0) is 4.74 Å².